The largest absolute Gasteiger partial charge is 0.407 e. The zero-order valence-electron chi connectivity index (χ0n) is 11.1. The molecule has 7 heteroatoms. The lowest BCUT2D eigenvalue weighted by Gasteiger charge is -2.57. The van der Waals surface area contributed by atoms with Gasteiger partial charge in [0.15, 0.2) is 5.25 Å². The fraction of sp³-hybridized carbons (Fsp3) is 1.00. The van der Waals surface area contributed by atoms with Gasteiger partial charge in [0.05, 0.1) is 0 Å². The first kappa shape index (κ1) is 14.6. The summed E-state index contributed by atoms with van der Waals surface area (Å²) < 4.78 is 70.1. The highest BCUT2D eigenvalue weighted by Crippen LogP contribution is 2.62. The van der Waals surface area contributed by atoms with Crippen molar-refractivity contribution in [1.82, 2.24) is 0 Å². The highest BCUT2D eigenvalue weighted by atomic mass is 32.2. The van der Waals surface area contributed by atoms with E-state index in [1.807, 2.05) is 0 Å². The molecule has 4 aliphatic rings. The van der Waals surface area contributed by atoms with Crippen molar-refractivity contribution in [3.8, 4) is 0 Å². The Morgan fingerprint density at radius 3 is 1.75 bits per heavy atom. The molecule has 1 atom stereocenters. The van der Waals surface area contributed by atoms with Gasteiger partial charge in [0, 0.05) is 0 Å². The first-order chi connectivity index (χ1) is 9.07. The molecule has 0 radical (unpaired) electrons. The van der Waals surface area contributed by atoms with Gasteiger partial charge >= 0.3 is 6.18 Å². The Hall–Kier alpha value is -0.300. The molecule has 4 rings (SSSR count). The second kappa shape index (κ2) is 4.35. The number of hydrogen-bond donors (Lipinski definition) is 1. The Kier molecular flexibility index (Phi) is 3.18. The molecule has 4 fully saturated rings. The second-order valence-electron chi connectivity index (χ2n) is 7.17. The average molecular weight is 312 g/mol. The second-order valence-corrected chi connectivity index (χ2v) is 8.77. The molecule has 0 amide bonds. The lowest BCUT2D eigenvalue weighted by atomic mass is 9.48. The lowest BCUT2D eigenvalue weighted by molar-refractivity contribution is -0.148. The molecule has 0 aromatic carbocycles. The van der Waals surface area contributed by atoms with Crippen molar-refractivity contribution >= 4 is 10.1 Å². The SMILES string of the molecule is O=S(=O)(O)C(CC12CC3CC(CC(C3)C1)C2)C(F)(F)F. The van der Waals surface area contributed by atoms with E-state index in [0.29, 0.717) is 37.0 Å². The van der Waals surface area contributed by atoms with Crippen molar-refractivity contribution in [2.45, 2.75) is 56.4 Å². The average Bonchev–Trinajstić information content (AvgIpc) is 2.21. The van der Waals surface area contributed by atoms with Gasteiger partial charge in [-0.3, -0.25) is 4.55 Å². The maximum Gasteiger partial charge on any atom is 0.407 e. The van der Waals surface area contributed by atoms with Crippen LogP contribution in [0.3, 0.4) is 0 Å². The van der Waals surface area contributed by atoms with Crippen LogP contribution in [-0.4, -0.2) is 24.4 Å². The molecule has 116 valence electrons. The Morgan fingerprint density at radius 1 is 1.05 bits per heavy atom. The molecular formula is C13H19F3O3S. The fourth-order valence-corrected chi connectivity index (χ4v) is 6.23. The third-order valence-corrected chi connectivity index (χ3v) is 6.66. The molecule has 0 aliphatic heterocycles. The van der Waals surface area contributed by atoms with Gasteiger partial charge in [0.1, 0.15) is 0 Å². The minimum atomic E-state index is -5.09. The van der Waals surface area contributed by atoms with Crippen LogP contribution in [-0.2, 0) is 10.1 Å². The maximum atomic E-state index is 13.0. The van der Waals surface area contributed by atoms with Crippen molar-refractivity contribution in [1.29, 1.82) is 0 Å². The van der Waals surface area contributed by atoms with Crippen molar-refractivity contribution in [3.05, 3.63) is 0 Å². The van der Waals surface area contributed by atoms with Gasteiger partial charge in [-0.15, -0.1) is 0 Å². The summed E-state index contributed by atoms with van der Waals surface area (Å²) in [5, 5.41) is -2.62. The highest BCUT2D eigenvalue weighted by molar-refractivity contribution is 7.86. The lowest BCUT2D eigenvalue weighted by Crippen LogP contribution is -2.50. The third-order valence-electron chi connectivity index (χ3n) is 5.51. The van der Waals surface area contributed by atoms with Crippen LogP contribution >= 0.6 is 0 Å². The molecule has 1 unspecified atom stereocenters. The van der Waals surface area contributed by atoms with Gasteiger partial charge in [-0.1, -0.05) is 0 Å². The maximum absolute atomic E-state index is 13.0. The van der Waals surface area contributed by atoms with Gasteiger partial charge in [-0.2, -0.15) is 21.6 Å². The molecule has 0 spiro atoms. The smallest absolute Gasteiger partial charge is 0.285 e. The molecule has 0 heterocycles. The van der Waals surface area contributed by atoms with E-state index in [1.165, 1.54) is 0 Å². The van der Waals surface area contributed by atoms with E-state index in [-0.39, 0.29) is 0 Å². The van der Waals surface area contributed by atoms with Crippen LogP contribution in [0.2, 0.25) is 0 Å². The number of hydrogen-bond acceptors (Lipinski definition) is 2. The minimum absolute atomic E-state index is 0.455. The zero-order chi connectivity index (χ0) is 14.8. The summed E-state index contributed by atoms with van der Waals surface area (Å²) in [5.41, 5.74) is -0.523. The summed E-state index contributed by atoms with van der Waals surface area (Å²) in [7, 11) is -5.09. The van der Waals surface area contributed by atoms with Crippen LogP contribution in [0.4, 0.5) is 13.2 Å². The van der Waals surface area contributed by atoms with Crippen LogP contribution in [0.25, 0.3) is 0 Å². The van der Waals surface area contributed by atoms with Crippen LogP contribution in [0.1, 0.15) is 44.9 Å². The van der Waals surface area contributed by atoms with E-state index in [2.05, 4.69) is 0 Å². The normalized spacial score (nSPS) is 41.9. The van der Waals surface area contributed by atoms with E-state index in [1.54, 1.807) is 0 Å². The fourth-order valence-electron chi connectivity index (χ4n) is 5.32. The minimum Gasteiger partial charge on any atom is -0.285 e. The number of halogens is 3. The summed E-state index contributed by atoms with van der Waals surface area (Å²) in [6.45, 7) is 0. The van der Waals surface area contributed by atoms with Crippen LogP contribution in [0.15, 0.2) is 0 Å². The monoisotopic (exact) mass is 312 g/mol. The van der Waals surface area contributed by atoms with Crippen molar-refractivity contribution in [3.63, 3.8) is 0 Å². The summed E-state index contributed by atoms with van der Waals surface area (Å²) in [6, 6.07) is 0. The predicted molar refractivity (Wildman–Crippen MR) is 66.6 cm³/mol. The molecule has 0 aromatic heterocycles. The van der Waals surface area contributed by atoms with Gasteiger partial charge in [0.2, 0.25) is 0 Å². The number of alkyl halides is 3. The van der Waals surface area contributed by atoms with Crippen molar-refractivity contribution in [2.75, 3.05) is 0 Å². The molecule has 4 aliphatic carbocycles. The van der Waals surface area contributed by atoms with E-state index in [4.69, 9.17) is 4.55 Å². The molecule has 20 heavy (non-hydrogen) atoms. The van der Waals surface area contributed by atoms with Crippen LogP contribution in [0.5, 0.6) is 0 Å². The van der Waals surface area contributed by atoms with E-state index in [0.717, 1.165) is 19.3 Å². The summed E-state index contributed by atoms with van der Waals surface area (Å²) in [4.78, 5) is 0. The standard InChI is InChI=1S/C13H19F3O3S/c14-13(15,16)11(20(17,18)19)7-12-4-8-1-9(5-12)3-10(2-8)6-12/h8-11H,1-7H2,(H,17,18,19). The van der Waals surface area contributed by atoms with Crippen LogP contribution < -0.4 is 0 Å². The van der Waals surface area contributed by atoms with Crippen molar-refractivity contribution < 1.29 is 26.1 Å². The Bertz CT molecular complexity index is 462. The van der Waals surface area contributed by atoms with E-state index in [9.17, 15) is 21.6 Å². The molecular weight excluding hydrogens is 293 g/mol. The third kappa shape index (κ3) is 2.58. The summed E-state index contributed by atoms with van der Waals surface area (Å²) >= 11 is 0. The van der Waals surface area contributed by atoms with Crippen LogP contribution in [0, 0.1) is 23.2 Å². The van der Waals surface area contributed by atoms with Gasteiger partial charge < -0.3 is 0 Å². The molecule has 3 nitrogen and oxygen atoms in total. The van der Waals surface area contributed by atoms with Gasteiger partial charge in [0.25, 0.3) is 10.1 Å². The van der Waals surface area contributed by atoms with E-state index < -0.39 is 33.4 Å². The quantitative estimate of drug-likeness (QED) is 0.813. The molecule has 0 aromatic rings. The predicted octanol–water partition coefficient (Wildman–Crippen LogP) is 3.41. The summed E-state index contributed by atoms with van der Waals surface area (Å²) in [5.74, 6) is 1.37. The number of rotatable bonds is 3. The van der Waals surface area contributed by atoms with Gasteiger partial charge in [-0.25, -0.2) is 0 Å². The highest BCUT2D eigenvalue weighted by Gasteiger charge is 2.57. The van der Waals surface area contributed by atoms with Crippen molar-refractivity contribution in [2.24, 2.45) is 23.2 Å². The molecule has 1 N–H and O–H groups in total. The first-order valence-electron chi connectivity index (χ1n) is 7.10. The Morgan fingerprint density at radius 2 is 1.45 bits per heavy atom. The Labute approximate surface area is 116 Å². The molecule has 4 bridgehead atoms. The molecule has 0 saturated heterocycles. The van der Waals surface area contributed by atoms with Gasteiger partial charge in [-0.05, 0) is 68.1 Å². The Balaban J connectivity index is 1.86. The van der Waals surface area contributed by atoms with E-state index >= 15 is 0 Å². The topological polar surface area (TPSA) is 54.4 Å². The summed E-state index contributed by atoms with van der Waals surface area (Å²) in [6.07, 6.45) is -0.00945. The first-order valence-corrected chi connectivity index (χ1v) is 8.61. The molecule has 4 saturated carbocycles. The zero-order valence-corrected chi connectivity index (χ0v) is 11.9.